The third kappa shape index (κ3) is 3.74. The van der Waals surface area contributed by atoms with Gasteiger partial charge in [-0.25, -0.2) is 0 Å². The molecule has 0 radical (unpaired) electrons. The molecular formula is C14H23ClN2. The summed E-state index contributed by atoms with van der Waals surface area (Å²) in [5.74, 6) is 0. The average Bonchev–Trinajstić information content (AvgIpc) is 2.86. The molecule has 17 heavy (non-hydrogen) atoms. The lowest BCUT2D eigenvalue weighted by atomic mass is 9.96. The van der Waals surface area contributed by atoms with Gasteiger partial charge in [-0.15, -0.1) is 11.6 Å². The van der Waals surface area contributed by atoms with Gasteiger partial charge in [0.25, 0.3) is 0 Å². The minimum atomic E-state index is 0.301. The second-order valence-corrected chi connectivity index (χ2v) is 5.74. The fourth-order valence-corrected chi connectivity index (χ4v) is 2.68. The van der Waals surface area contributed by atoms with Gasteiger partial charge < -0.3 is 0 Å². The molecule has 0 N–H and O–H groups in total. The first-order valence-electron chi connectivity index (χ1n) is 6.97. The Kier molecular flexibility index (Phi) is 4.90. The van der Waals surface area contributed by atoms with Gasteiger partial charge in [0.05, 0.1) is 11.7 Å². The smallest absolute Gasteiger partial charge is 0.0625 e. The highest BCUT2D eigenvalue weighted by Gasteiger charge is 2.16. The second-order valence-electron chi connectivity index (χ2n) is 5.12. The number of alkyl halides is 1. The van der Waals surface area contributed by atoms with Gasteiger partial charge in [-0.05, 0) is 38.2 Å². The van der Waals surface area contributed by atoms with Crippen molar-refractivity contribution in [3.63, 3.8) is 0 Å². The lowest BCUT2D eigenvalue weighted by Crippen LogP contribution is -2.13. The molecule has 3 heteroatoms. The monoisotopic (exact) mass is 254 g/mol. The molecule has 0 aliphatic heterocycles. The summed E-state index contributed by atoms with van der Waals surface area (Å²) in [6.45, 7) is 2.14. The molecule has 1 aliphatic carbocycles. The van der Waals surface area contributed by atoms with Gasteiger partial charge in [0.2, 0.25) is 0 Å². The molecule has 1 aromatic rings. The van der Waals surface area contributed by atoms with Crippen molar-refractivity contribution in [3.8, 4) is 0 Å². The van der Waals surface area contributed by atoms with Crippen LogP contribution in [-0.4, -0.2) is 15.2 Å². The van der Waals surface area contributed by atoms with Gasteiger partial charge in [-0.3, -0.25) is 4.68 Å². The Morgan fingerprint density at radius 1 is 1.41 bits per heavy atom. The summed E-state index contributed by atoms with van der Waals surface area (Å²) < 4.78 is 2.18. The predicted octanol–water partition coefficient (Wildman–Crippen LogP) is 4.34. The van der Waals surface area contributed by atoms with Crippen LogP contribution in [0.25, 0.3) is 0 Å². The molecule has 1 fully saturated rings. The number of hydrogen-bond acceptors (Lipinski definition) is 1. The molecule has 2 rings (SSSR count). The van der Waals surface area contributed by atoms with E-state index in [-0.39, 0.29) is 0 Å². The van der Waals surface area contributed by atoms with Crippen LogP contribution in [0.15, 0.2) is 12.3 Å². The molecule has 0 bridgehead atoms. The fourth-order valence-electron chi connectivity index (χ4n) is 2.57. The quantitative estimate of drug-likeness (QED) is 0.715. The third-order valence-electron chi connectivity index (χ3n) is 3.77. The van der Waals surface area contributed by atoms with Crippen LogP contribution in [0.3, 0.4) is 0 Å². The van der Waals surface area contributed by atoms with Crippen LogP contribution in [0.1, 0.15) is 63.6 Å². The van der Waals surface area contributed by atoms with E-state index < -0.39 is 0 Å². The van der Waals surface area contributed by atoms with Crippen LogP contribution < -0.4 is 0 Å². The zero-order chi connectivity index (χ0) is 12.1. The lowest BCUT2D eigenvalue weighted by molar-refractivity contribution is 0.328. The van der Waals surface area contributed by atoms with Crippen molar-refractivity contribution in [2.45, 2.75) is 69.7 Å². The van der Waals surface area contributed by atoms with Crippen molar-refractivity contribution < 1.29 is 0 Å². The topological polar surface area (TPSA) is 17.8 Å². The molecule has 2 nitrogen and oxygen atoms in total. The van der Waals surface area contributed by atoms with Crippen molar-refractivity contribution in [2.24, 2.45) is 0 Å². The molecule has 0 spiro atoms. The normalized spacial score (nSPS) is 19.4. The molecular weight excluding hydrogens is 232 g/mol. The van der Waals surface area contributed by atoms with Crippen LogP contribution in [0, 0.1) is 0 Å². The van der Waals surface area contributed by atoms with Crippen molar-refractivity contribution in [2.75, 3.05) is 0 Å². The molecule has 0 saturated heterocycles. The number of rotatable bonds is 5. The molecule has 1 aromatic heterocycles. The van der Waals surface area contributed by atoms with Gasteiger partial charge in [-0.1, -0.05) is 26.2 Å². The van der Waals surface area contributed by atoms with Crippen LogP contribution >= 0.6 is 11.6 Å². The van der Waals surface area contributed by atoms with E-state index in [0.717, 1.165) is 19.3 Å². The Bertz CT molecular complexity index is 329. The maximum absolute atomic E-state index is 6.14. The number of hydrogen-bond donors (Lipinski definition) is 0. The van der Waals surface area contributed by atoms with E-state index in [2.05, 4.69) is 23.9 Å². The van der Waals surface area contributed by atoms with E-state index in [1.165, 1.54) is 37.8 Å². The Morgan fingerprint density at radius 3 is 2.88 bits per heavy atom. The molecule has 1 atom stereocenters. The molecule has 1 heterocycles. The van der Waals surface area contributed by atoms with Gasteiger partial charge in [0.1, 0.15) is 0 Å². The van der Waals surface area contributed by atoms with E-state index in [9.17, 15) is 0 Å². The van der Waals surface area contributed by atoms with Crippen molar-refractivity contribution >= 4 is 11.6 Å². The highest BCUT2D eigenvalue weighted by Crippen LogP contribution is 2.27. The van der Waals surface area contributed by atoms with Crippen LogP contribution in [0.4, 0.5) is 0 Å². The van der Waals surface area contributed by atoms with Gasteiger partial charge in [0, 0.05) is 11.6 Å². The second kappa shape index (κ2) is 6.44. The summed E-state index contributed by atoms with van der Waals surface area (Å²) in [6.07, 6.45) is 12.0. The summed E-state index contributed by atoms with van der Waals surface area (Å²) in [7, 11) is 0. The standard InChI is InChI=1S/C14H23ClN2/c1-2-12(15)8-9-13-10-11-17(16-13)14-6-4-3-5-7-14/h10-12,14H,2-9H2,1H3. The summed E-state index contributed by atoms with van der Waals surface area (Å²) in [6, 6.07) is 2.81. The lowest BCUT2D eigenvalue weighted by Gasteiger charge is -2.21. The largest absolute Gasteiger partial charge is 0.269 e. The van der Waals surface area contributed by atoms with E-state index in [1.54, 1.807) is 0 Å². The number of nitrogens with zero attached hydrogens (tertiary/aromatic N) is 2. The first-order chi connectivity index (χ1) is 8.29. The minimum absolute atomic E-state index is 0.301. The first kappa shape index (κ1) is 12.9. The Balaban J connectivity index is 1.86. The van der Waals surface area contributed by atoms with Crippen molar-refractivity contribution in [3.05, 3.63) is 18.0 Å². The Labute approximate surface area is 109 Å². The molecule has 96 valence electrons. The Hall–Kier alpha value is -0.500. The van der Waals surface area contributed by atoms with E-state index in [1.807, 2.05) is 0 Å². The molecule has 0 amide bonds. The van der Waals surface area contributed by atoms with E-state index >= 15 is 0 Å². The molecule has 1 unspecified atom stereocenters. The highest BCUT2D eigenvalue weighted by atomic mass is 35.5. The Morgan fingerprint density at radius 2 is 2.18 bits per heavy atom. The summed E-state index contributed by atoms with van der Waals surface area (Å²) in [5.41, 5.74) is 1.20. The summed E-state index contributed by atoms with van der Waals surface area (Å²) in [5, 5.41) is 5.00. The van der Waals surface area contributed by atoms with Gasteiger partial charge in [-0.2, -0.15) is 5.10 Å². The number of aryl methyl sites for hydroxylation is 1. The molecule has 0 aromatic carbocycles. The van der Waals surface area contributed by atoms with E-state index in [0.29, 0.717) is 11.4 Å². The minimum Gasteiger partial charge on any atom is -0.269 e. The zero-order valence-electron chi connectivity index (χ0n) is 10.7. The van der Waals surface area contributed by atoms with Crippen LogP contribution in [0.2, 0.25) is 0 Å². The fraction of sp³-hybridized carbons (Fsp3) is 0.786. The van der Waals surface area contributed by atoms with Crippen molar-refractivity contribution in [1.82, 2.24) is 9.78 Å². The number of halogens is 1. The predicted molar refractivity (Wildman–Crippen MR) is 72.6 cm³/mol. The zero-order valence-corrected chi connectivity index (χ0v) is 11.5. The van der Waals surface area contributed by atoms with E-state index in [4.69, 9.17) is 16.7 Å². The highest BCUT2D eigenvalue weighted by molar-refractivity contribution is 6.20. The number of aromatic nitrogens is 2. The van der Waals surface area contributed by atoms with Gasteiger partial charge in [0.15, 0.2) is 0 Å². The maximum atomic E-state index is 6.14. The van der Waals surface area contributed by atoms with Crippen molar-refractivity contribution in [1.29, 1.82) is 0 Å². The third-order valence-corrected chi connectivity index (χ3v) is 4.30. The maximum Gasteiger partial charge on any atom is 0.0625 e. The summed E-state index contributed by atoms with van der Waals surface area (Å²) >= 11 is 6.14. The first-order valence-corrected chi connectivity index (χ1v) is 7.41. The molecule has 1 aliphatic rings. The average molecular weight is 255 g/mol. The van der Waals surface area contributed by atoms with Crippen LogP contribution in [-0.2, 0) is 6.42 Å². The van der Waals surface area contributed by atoms with Gasteiger partial charge >= 0.3 is 0 Å². The van der Waals surface area contributed by atoms with Crippen LogP contribution in [0.5, 0.6) is 0 Å². The SMILES string of the molecule is CCC(Cl)CCc1ccn(C2CCCCC2)n1. The molecule has 1 saturated carbocycles. The summed E-state index contributed by atoms with van der Waals surface area (Å²) in [4.78, 5) is 0.